The summed E-state index contributed by atoms with van der Waals surface area (Å²) in [6, 6.07) is 2.10. The van der Waals surface area contributed by atoms with Crippen molar-refractivity contribution >= 4 is 11.5 Å². The smallest absolute Gasteiger partial charge is 0.153 e. The molecule has 90 valence electrons. The number of rotatable bonds is 3. The largest absolute Gasteiger partial charge is 0.385 e. The minimum absolute atomic E-state index is 0.902. The molecule has 0 atom stereocenters. The van der Waals surface area contributed by atoms with Crippen LogP contribution < -0.4 is 10.6 Å². The van der Waals surface area contributed by atoms with Gasteiger partial charge in [0, 0.05) is 18.9 Å². The first-order valence-corrected chi connectivity index (χ1v) is 5.98. The average Bonchev–Trinajstić information content (AvgIpc) is 2.31. The molecule has 0 spiro atoms. The fourth-order valence-corrected chi connectivity index (χ4v) is 1.97. The minimum Gasteiger partial charge on any atom is -0.385 e. The van der Waals surface area contributed by atoms with E-state index in [2.05, 4.69) is 40.8 Å². The predicted molar refractivity (Wildman–Crippen MR) is 73.2 cm³/mol. The summed E-state index contributed by atoms with van der Waals surface area (Å²) in [5.41, 5.74) is 4.75. The van der Waals surface area contributed by atoms with Crippen LogP contribution >= 0.6 is 0 Å². The van der Waals surface area contributed by atoms with Crippen molar-refractivity contribution in [1.29, 1.82) is 0 Å². The summed E-state index contributed by atoms with van der Waals surface area (Å²) in [4.78, 5) is 4.43. The van der Waals surface area contributed by atoms with Gasteiger partial charge in [0.15, 0.2) is 5.82 Å². The van der Waals surface area contributed by atoms with E-state index in [4.69, 9.17) is 0 Å². The lowest BCUT2D eigenvalue weighted by Crippen LogP contribution is -2.06. The lowest BCUT2D eigenvalue weighted by atomic mass is 10.1. The van der Waals surface area contributed by atoms with Gasteiger partial charge in [-0.15, -0.1) is 0 Å². The van der Waals surface area contributed by atoms with Crippen LogP contribution in [0.4, 0.5) is 11.5 Å². The highest BCUT2D eigenvalue weighted by Gasteiger charge is 2.07. The van der Waals surface area contributed by atoms with Gasteiger partial charge in [-0.2, -0.15) is 0 Å². The maximum atomic E-state index is 4.43. The second-order valence-corrected chi connectivity index (χ2v) is 4.44. The summed E-state index contributed by atoms with van der Waals surface area (Å²) in [7, 11) is 1.92. The Balaban J connectivity index is 2.21. The Morgan fingerprint density at radius 1 is 1.29 bits per heavy atom. The fourth-order valence-electron chi connectivity index (χ4n) is 1.97. The van der Waals surface area contributed by atoms with Gasteiger partial charge in [0.1, 0.15) is 0 Å². The first kappa shape index (κ1) is 11.7. The number of pyridine rings is 1. The molecule has 1 heterocycles. The zero-order valence-corrected chi connectivity index (χ0v) is 10.7. The van der Waals surface area contributed by atoms with Crippen LogP contribution in [0.15, 0.2) is 35.7 Å². The molecular formula is C14H19N3. The van der Waals surface area contributed by atoms with Gasteiger partial charge in [-0.25, -0.2) is 4.98 Å². The molecule has 0 saturated heterocycles. The number of aromatic nitrogens is 1. The van der Waals surface area contributed by atoms with E-state index >= 15 is 0 Å². The van der Waals surface area contributed by atoms with Crippen molar-refractivity contribution in [2.45, 2.75) is 26.7 Å². The van der Waals surface area contributed by atoms with Crippen molar-refractivity contribution in [2.75, 3.05) is 17.7 Å². The molecule has 1 aliphatic rings. The lowest BCUT2D eigenvalue weighted by Gasteiger charge is -2.16. The topological polar surface area (TPSA) is 37.0 Å². The normalized spacial score (nSPS) is 15.0. The zero-order chi connectivity index (χ0) is 12.3. The molecule has 3 nitrogen and oxygen atoms in total. The zero-order valence-electron chi connectivity index (χ0n) is 10.7. The summed E-state index contributed by atoms with van der Waals surface area (Å²) < 4.78 is 0. The van der Waals surface area contributed by atoms with Gasteiger partial charge in [-0.3, -0.25) is 0 Å². The number of hydrogen-bond acceptors (Lipinski definition) is 3. The highest BCUT2D eigenvalue weighted by Crippen LogP contribution is 2.24. The van der Waals surface area contributed by atoms with Gasteiger partial charge in [0.2, 0.25) is 0 Å². The molecule has 0 amide bonds. The quantitative estimate of drug-likeness (QED) is 0.833. The molecule has 1 aromatic rings. The van der Waals surface area contributed by atoms with E-state index < -0.39 is 0 Å². The molecule has 0 radical (unpaired) electrons. The maximum Gasteiger partial charge on any atom is 0.153 e. The van der Waals surface area contributed by atoms with Crippen LogP contribution in [0, 0.1) is 6.92 Å². The van der Waals surface area contributed by atoms with E-state index in [-0.39, 0.29) is 0 Å². The van der Waals surface area contributed by atoms with E-state index in [9.17, 15) is 0 Å². The lowest BCUT2D eigenvalue weighted by molar-refractivity contribution is 0.946. The third-order valence-electron chi connectivity index (χ3n) is 2.85. The number of anilines is 2. The third-order valence-corrected chi connectivity index (χ3v) is 2.85. The highest BCUT2D eigenvalue weighted by atomic mass is 15.0. The first-order valence-electron chi connectivity index (χ1n) is 5.98. The van der Waals surface area contributed by atoms with Crippen molar-refractivity contribution in [3.63, 3.8) is 0 Å². The van der Waals surface area contributed by atoms with Crippen LogP contribution in [0.5, 0.6) is 0 Å². The number of aryl methyl sites for hydroxylation is 1. The Labute approximate surface area is 103 Å². The van der Waals surface area contributed by atoms with Crippen LogP contribution in [0.25, 0.3) is 0 Å². The van der Waals surface area contributed by atoms with E-state index in [1.807, 2.05) is 20.2 Å². The standard InChI is InChI=1S/C14H19N3/c1-10-5-4-6-12(7-10)17-14-13(15-3)8-11(2)9-16-14/h5,7-9,15H,4,6H2,1-3H3,(H,16,17). The molecule has 0 unspecified atom stereocenters. The van der Waals surface area contributed by atoms with Gasteiger partial charge in [-0.1, -0.05) is 11.6 Å². The van der Waals surface area contributed by atoms with Crippen LogP contribution in [0.3, 0.4) is 0 Å². The molecule has 17 heavy (non-hydrogen) atoms. The Morgan fingerprint density at radius 3 is 2.82 bits per heavy atom. The molecule has 0 fully saturated rings. The van der Waals surface area contributed by atoms with Crippen molar-refractivity contribution < 1.29 is 0 Å². The Kier molecular flexibility index (Phi) is 3.47. The van der Waals surface area contributed by atoms with Crippen LogP contribution in [0.2, 0.25) is 0 Å². The van der Waals surface area contributed by atoms with Crippen molar-refractivity contribution in [3.05, 3.63) is 41.2 Å². The number of allylic oxidation sites excluding steroid dienone is 4. The van der Waals surface area contributed by atoms with Gasteiger partial charge in [0.25, 0.3) is 0 Å². The van der Waals surface area contributed by atoms with E-state index in [0.29, 0.717) is 0 Å². The van der Waals surface area contributed by atoms with Gasteiger partial charge in [-0.05, 0) is 44.4 Å². The van der Waals surface area contributed by atoms with Crippen LogP contribution in [0.1, 0.15) is 25.3 Å². The molecule has 1 aliphatic carbocycles. The number of nitrogens with one attached hydrogen (secondary N) is 2. The molecule has 0 aromatic carbocycles. The Bertz CT molecular complexity index is 472. The molecule has 2 N–H and O–H groups in total. The summed E-state index contributed by atoms with van der Waals surface area (Å²) >= 11 is 0. The van der Waals surface area contributed by atoms with E-state index in [1.165, 1.54) is 11.3 Å². The average molecular weight is 229 g/mol. The van der Waals surface area contributed by atoms with E-state index in [0.717, 1.165) is 29.9 Å². The van der Waals surface area contributed by atoms with Crippen LogP contribution in [-0.2, 0) is 0 Å². The predicted octanol–water partition coefficient (Wildman–Crippen LogP) is 3.47. The van der Waals surface area contributed by atoms with Crippen molar-refractivity contribution in [2.24, 2.45) is 0 Å². The second kappa shape index (κ2) is 5.04. The van der Waals surface area contributed by atoms with Crippen LogP contribution in [-0.4, -0.2) is 12.0 Å². The monoisotopic (exact) mass is 229 g/mol. The first-order chi connectivity index (χ1) is 8.19. The second-order valence-electron chi connectivity index (χ2n) is 4.44. The third kappa shape index (κ3) is 2.87. The maximum absolute atomic E-state index is 4.43. The van der Waals surface area contributed by atoms with Gasteiger partial charge < -0.3 is 10.6 Å². The number of nitrogens with zero attached hydrogens (tertiary/aromatic N) is 1. The summed E-state index contributed by atoms with van der Waals surface area (Å²) in [5, 5.41) is 6.58. The molecule has 0 saturated carbocycles. The Morgan fingerprint density at radius 2 is 2.12 bits per heavy atom. The van der Waals surface area contributed by atoms with Gasteiger partial charge >= 0.3 is 0 Å². The van der Waals surface area contributed by atoms with Gasteiger partial charge in [0.05, 0.1) is 5.69 Å². The number of hydrogen-bond donors (Lipinski definition) is 2. The van der Waals surface area contributed by atoms with Crippen molar-refractivity contribution in [3.8, 4) is 0 Å². The Hall–Kier alpha value is -1.77. The summed E-state index contributed by atoms with van der Waals surface area (Å²) in [6.45, 7) is 4.17. The SMILES string of the molecule is CNc1cc(C)cnc1NC1=CC(C)=CCC1. The summed E-state index contributed by atoms with van der Waals surface area (Å²) in [6.07, 6.45) is 8.48. The highest BCUT2D eigenvalue weighted by molar-refractivity contribution is 5.66. The molecular weight excluding hydrogens is 210 g/mol. The molecule has 3 heteroatoms. The van der Waals surface area contributed by atoms with Crippen molar-refractivity contribution in [1.82, 2.24) is 4.98 Å². The van der Waals surface area contributed by atoms with E-state index in [1.54, 1.807) is 0 Å². The molecule has 0 bridgehead atoms. The molecule has 1 aromatic heterocycles. The summed E-state index contributed by atoms with van der Waals surface area (Å²) in [5.74, 6) is 0.902. The molecule has 2 rings (SSSR count). The molecule has 0 aliphatic heterocycles. The fraction of sp³-hybridized carbons (Fsp3) is 0.357. The minimum atomic E-state index is 0.902.